The second kappa shape index (κ2) is 7.46. The van der Waals surface area contributed by atoms with Crippen molar-refractivity contribution in [2.24, 2.45) is 17.3 Å². The molecule has 1 aromatic rings. The molecular weight excluding hydrogens is 316 g/mol. The third-order valence-corrected chi connectivity index (χ3v) is 4.09. The van der Waals surface area contributed by atoms with E-state index in [0.717, 1.165) is 5.69 Å². The Morgan fingerprint density at radius 3 is 2.52 bits per heavy atom. The summed E-state index contributed by atoms with van der Waals surface area (Å²) in [5.41, 5.74) is 0.829. The molecule has 0 atom stereocenters. The molecule has 2 rings (SSSR count). The molecule has 2 amide bonds. The topological polar surface area (TPSA) is 58.6 Å². The number of anilines is 2. The van der Waals surface area contributed by atoms with Crippen molar-refractivity contribution < 1.29 is 14.3 Å². The lowest BCUT2D eigenvalue weighted by Crippen LogP contribution is -2.43. The van der Waals surface area contributed by atoms with E-state index in [4.69, 9.17) is 4.74 Å². The highest BCUT2D eigenvalue weighted by Gasteiger charge is 2.38. The monoisotopic (exact) mass is 346 g/mol. The van der Waals surface area contributed by atoms with Crippen LogP contribution in [-0.4, -0.2) is 25.0 Å². The maximum absolute atomic E-state index is 13.0. The van der Waals surface area contributed by atoms with Gasteiger partial charge in [-0.1, -0.05) is 27.7 Å². The molecule has 5 heteroatoms. The van der Waals surface area contributed by atoms with Gasteiger partial charge >= 0.3 is 0 Å². The summed E-state index contributed by atoms with van der Waals surface area (Å²) in [5, 5.41) is 2.92. The van der Waals surface area contributed by atoms with Gasteiger partial charge in [0.05, 0.1) is 11.1 Å². The molecule has 0 spiro atoms. The van der Waals surface area contributed by atoms with Gasteiger partial charge in [-0.2, -0.15) is 0 Å². The van der Waals surface area contributed by atoms with Gasteiger partial charge in [-0.3, -0.25) is 9.59 Å². The number of benzene rings is 1. The van der Waals surface area contributed by atoms with Gasteiger partial charge in [0.2, 0.25) is 11.8 Å². The molecule has 0 fully saturated rings. The predicted molar refractivity (Wildman–Crippen MR) is 101 cm³/mol. The summed E-state index contributed by atoms with van der Waals surface area (Å²) in [5.74, 6) is 1.33. The summed E-state index contributed by atoms with van der Waals surface area (Å²) in [4.78, 5) is 26.9. The first-order valence-corrected chi connectivity index (χ1v) is 8.99. The van der Waals surface area contributed by atoms with Crippen LogP contribution < -0.4 is 15.0 Å². The molecule has 1 heterocycles. The van der Waals surface area contributed by atoms with Gasteiger partial charge in [-0.05, 0) is 43.9 Å². The molecule has 0 radical (unpaired) electrons. The molecule has 25 heavy (non-hydrogen) atoms. The van der Waals surface area contributed by atoms with Gasteiger partial charge in [0.25, 0.3) is 0 Å². The lowest BCUT2D eigenvalue weighted by Gasteiger charge is -2.29. The maximum atomic E-state index is 13.0. The van der Waals surface area contributed by atoms with Gasteiger partial charge in [0, 0.05) is 18.7 Å². The van der Waals surface area contributed by atoms with Crippen LogP contribution in [0.1, 0.15) is 48.0 Å². The average molecular weight is 346 g/mol. The van der Waals surface area contributed by atoms with Crippen LogP contribution in [0.15, 0.2) is 18.2 Å². The number of hydrogen-bond donors (Lipinski definition) is 1. The molecule has 138 valence electrons. The first-order chi connectivity index (χ1) is 11.6. The molecule has 1 aliphatic rings. The van der Waals surface area contributed by atoms with Crippen molar-refractivity contribution in [2.75, 3.05) is 23.4 Å². The van der Waals surface area contributed by atoms with E-state index in [1.54, 1.807) is 4.90 Å². The number of nitrogens with one attached hydrogen (secondary N) is 1. The van der Waals surface area contributed by atoms with E-state index >= 15 is 0 Å². The first-order valence-electron chi connectivity index (χ1n) is 8.99. The van der Waals surface area contributed by atoms with E-state index in [0.29, 0.717) is 42.8 Å². The zero-order valence-electron chi connectivity index (χ0n) is 16.2. The highest BCUT2D eigenvalue weighted by molar-refractivity contribution is 6.00. The van der Waals surface area contributed by atoms with E-state index in [9.17, 15) is 9.59 Å². The summed E-state index contributed by atoms with van der Waals surface area (Å²) in [6.07, 6.45) is 0.468. The van der Waals surface area contributed by atoms with Crippen molar-refractivity contribution in [3.8, 4) is 5.75 Å². The second-order valence-electron chi connectivity index (χ2n) is 8.31. The summed E-state index contributed by atoms with van der Waals surface area (Å²) in [6, 6.07) is 5.50. The first kappa shape index (κ1) is 19.3. The van der Waals surface area contributed by atoms with Crippen molar-refractivity contribution in [2.45, 2.75) is 48.0 Å². The van der Waals surface area contributed by atoms with Crippen molar-refractivity contribution >= 4 is 23.2 Å². The molecule has 5 nitrogen and oxygen atoms in total. The average Bonchev–Trinajstić information content (AvgIpc) is 2.57. The van der Waals surface area contributed by atoms with Gasteiger partial charge < -0.3 is 15.0 Å². The van der Waals surface area contributed by atoms with Crippen molar-refractivity contribution in [1.82, 2.24) is 0 Å². The molecular formula is C20H30N2O3. The molecule has 0 aliphatic carbocycles. The van der Waals surface area contributed by atoms with Gasteiger partial charge in [-0.15, -0.1) is 0 Å². The molecule has 0 unspecified atom stereocenters. The summed E-state index contributed by atoms with van der Waals surface area (Å²) >= 11 is 0. The summed E-state index contributed by atoms with van der Waals surface area (Å²) in [7, 11) is 0. The SMILES string of the molecule is CC(C)CC(=O)Nc1ccc2c(c1)N(CC(C)C)C(=O)C(C)(C)CO2. The molecule has 1 aromatic carbocycles. The Kier molecular flexibility index (Phi) is 5.76. The number of carbonyl (C=O) groups excluding carboxylic acids is 2. The zero-order chi connectivity index (χ0) is 18.8. The number of fused-ring (bicyclic) bond motifs is 1. The fraction of sp³-hybridized carbons (Fsp3) is 0.600. The van der Waals surface area contributed by atoms with Crippen molar-refractivity contribution in [1.29, 1.82) is 0 Å². The van der Waals surface area contributed by atoms with Crippen molar-refractivity contribution in [3.63, 3.8) is 0 Å². The molecule has 1 aliphatic heterocycles. The Bertz CT molecular complexity index is 650. The number of hydrogen-bond acceptors (Lipinski definition) is 3. The Balaban J connectivity index is 2.36. The Morgan fingerprint density at radius 1 is 1.24 bits per heavy atom. The van der Waals surface area contributed by atoms with Crippen LogP contribution in [0.5, 0.6) is 5.75 Å². The standard InChI is InChI=1S/C20H30N2O3/c1-13(2)9-18(23)21-15-7-8-17-16(10-15)22(11-14(3)4)19(24)20(5,6)12-25-17/h7-8,10,13-14H,9,11-12H2,1-6H3,(H,21,23). The van der Waals surface area contributed by atoms with Crippen molar-refractivity contribution in [3.05, 3.63) is 18.2 Å². The fourth-order valence-electron chi connectivity index (χ4n) is 2.85. The van der Waals surface area contributed by atoms with E-state index in [1.165, 1.54) is 0 Å². The van der Waals surface area contributed by atoms with E-state index in [2.05, 4.69) is 19.2 Å². The van der Waals surface area contributed by atoms with Crippen LogP contribution in [0.2, 0.25) is 0 Å². The minimum Gasteiger partial charge on any atom is -0.490 e. The number of ether oxygens (including phenoxy) is 1. The van der Waals surface area contributed by atoms with E-state index in [-0.39, 0.29) is 11.8 Å². The number of rotatable bonds is 5. The minimum atomic E-state index is -0.588. The number of amides is 2. The zero-order valence-corrected chi connectivity index (χ0v) is 16.2. The van der Waals surface area contributed by atoms with Crippen LogP contribution in [0.4, 0.5) is 11.4 Å². The smallest absolute Gasteiger partial charge is 0.236 e. The molecule has 0 saturated heterocycles. The van der Waals surface area contributed by atoms with Crippen LogP contribution in [0.25, 0.3) is 0 Å². The highest BCUT2D eigenvalue weighted by Crippen LogP contribution is 2.38. The summed E-state index contributed by atoms with van der Waals surface area (Å²) < 4.78 is 5.90. The summed E-state index contributed by atoms with van der Waals surface area (Å²) in [6.45, 7) is 12.9. The Morgan fingerprint density at radius 2 is 1.92 bits per heavy atom. The number of carbonyl (C=O) groups is 2. The van der Waals surface area contributed by atoms with Gasteiger partial charge in [-0.25, -0.2) is 0 Å². The van der Waals surface area contributed by atoms with Crippen LogP contribution in [-0.2, 0) is 9.59 Å². The Labute approximate surface area is 150 Å². The lowest BCUT2D eigenvalue weighted by atomic mass is 9.92. The van der Waals surface area contributed by atoms with Crippen LogP contribution in [0.3, 0.4) is 0 Å². The normalized spacial score (nSPS) is 16.5. The van der Waals surface area contributed by atoms with Gasteiger partial charge in [0.15, 0.2) is 0 Å². The number of nitrogens with zero attached hydrogens (tertiary/aromatic N) is 1. The third-order valence-electron chi connectivity index (χ3n) is 4.09. The van der Waals surface area contributed by atoms with Crippen LogP contribution in [0, 0.1) is 17.3 Å². The largest absolute Gasteiger partial charge is 0.490 e. The molecule has 0 saturated carbocycles. The Hall–Kier alpha value is -2.04. The van der Waals surface area contributed by atoms with Gasteiger partial charge in [0.1, 0.15) is 12.4 Å². The predicted octanol–water partition coefficient (Wildman–Crippen LogP) is 4.08. The quantitative estimate of drug-likeness (QED) is 0.874. The van der Waals surface area contributed by atoms with Crippen LogP contribution >= 0.6 is 0 Å². The fourth-order valence-corrected chi connectivity index (χ4v) is 2.85. The minimum absolute atomic E-state index is 0.0217. The molecule has 0 aromatic heterocycles. The maximum Gasteiger partial charge on any atom is 0.236 e. The van der Waals surface area contributed by atoms with E-state index < -0.39 is 5.41 Å². The second-order valence-corrected chi connectivity index (χ2v) is 8.31. The van der Waals surface area contributed by atoms with E-state index in [1.807, 2.05) is 45.9 Å². The highest BCUT2D eigenvalue weighted by atomic mass is 16.5. The lowest BCUT2D eigenvalue weighted by molar-refractivity contribution is -0.127. The molecule has 1 N–H and O–H groups in total. The third kappa shape index (κ3) is 4.74. The molecule has 0 bridgehead atoms.